The number of carbonyl (C=O) groups is 4. The molecule has 6 aromatic heterocycles. The first kappa shape index (κ1) is 60.9. The van der Waals surface area contributed by atoms with E-state index in [9.17, 15) is 34.5 Å². The van der Waals surface area contributed by atoms with Crippen LogP contribution in [0.15, 0.2) is 146 Å². The van der Waals surface area contributed by atoms with Gasteiger partial charge in [0.1, 0.15) is 24.5 Å². The molecule has 0 bridgehead atoms. The maximum absolute atomic E-state index is 13.6. The van der Waals surface area contributed by atoms with Crippen LogP contribution in [0.2, 0.25) is 0 Å². The first-order chi connectivity index (χ1) is 42.3. The number of pyridine rings is 2. The summed E-state index contributed by atoms with van der Waals surface area (Å²) < 4.78 is 19.3. The molecule has 20 heteroatoms. The maximum Gasteiger partial charge on any atom is 0.335 e. The lowest BCUT2D eigenvalue weighted by Crippen LogP contribution is -2.46. The number of aliphatic hydroxyl groups excluding tert-OH is 2. The number of nitrogens with zero attached hydrogens (tertiary/aromatic N) is 9. The van der Waals surface area contributed by atoms with Gasteiger partial charge in [0, 0.05) is 87.4 Å². The number of nitrogens with one attached hydrogen (secondary N) is 1. The lowest BCUT2D eigenvalue weighted by Gasteiger charge is -2.35. The molecule has 88 heavy (non-hydrogen) atoms. The van der Waals surface area contributed by atoms with Gasteiger partial charge >= 0.3 is 17.9 Å². The van der Waals surface area contributed by atoms with Gasteiger partial charge in [-0.25, -0.2) is 24.7 Å². The number of carboxylic acid groups (broad SMARTS) is 1. The van der Waals surface area contributed by atoms with Gasteiger partial charge in [0.25, 0.3) is 5.91 Å². The minimum Gasteiger partial charge on any atom is -0.478 e. The summed E-state index contributed by atoms with van der Waals surface area (Å²) in [4.78, 5) is 69.9. The van der Waals surface area contributed by atoms with Gasteiger partial charge in [-0.2, -0.15) is 0 Å². The number of halogens is 1. The molecule has 0 spiro atoms. The number of amides is 1. The number of hydrogen-bond acceptors (Lipinski definition) is 13. The van der Waals surface area contributed by atoms with Gasteiger partial charge in [-0.3, -0.25) is 14.4 Å². The van der Waals surface area contributed by atoms with Crippen LogP contribution in [0.1, 0.15) is 83.2 Å². The van der Waals surface area contributed by atoms with Crippen LogP contribution >= 0.6 is 12.4 Å². The second kappa shape index (κ2) is 27.1. The predicted molar refractivity (Wildman–Crippen MR) is 337 cm³/mol. The highest BCUT2D eigenvalue weighted by Gasteiger charge is 2.34. The fourth-order valence-corrected chi connectivity index (χ4v) is 11.9. The van der Waals surface area contributed by atoms with E-state index in [4.69, 9.17) is 19.4 Å². The number of likely N-dealkylation sites (tertiary alicyclic amines) is 1. The molecule has 2 aliphatic heterocycles. The molecule has 10 aromatic rings. The Morgan fingerprint density at radius 1 is 0.580 bits per heavy atom. The van der Waals surface area contributed by atoms with Gasteiger partial charge in [0.15, 0.2) is 11.6 Å². The molecular formula is C68H73ClN10O9. The van der Waals surface area contributed by atoms with Crippen LogP contribution in [-0.2, 0) is 59.5 Å². The van der Waals surface area contributed by atoms with Crippen molar-refractivity contribution in [3.63, 3.8) is 0 Å². The zero-order valence-electron chi connectivity index (χ0n) is 49.4. The number of hydrogen-bond donors (Lipinski definition) is 4. The molecule has 1 amide bonds. The number of aliphatic hydroxyl groups is 2. The Labute approximate surface area is 515 Å². The van der Waals surface area contributed by atoms with Crippen molar-refractivity contribution in [2.75, 3.05) is 26.2 Å². The third-order valence-electron chi connectivity index (χ3n) is 17.2. The molecule has 2 saturated heterocycles. The van der Waals surface area contributed by atoms with E-state index in [2.05, 4.69) is 53.3 Å². The molecule has 4 N–H and O–H groups in total. The highest BCUT2D eigenvalue weighted by molar-refractivity contribution is 5.98. The smallest absolute Gasteiger partial charge is 0.335 e. The number of carbonyl (C=O) groups excluding carboxylic acids is 3. The molecule has 456 valence electrons. The minimum atomic E-state index is -0.939. The number of aromatic carboxylic acids is 1. The first-order valence-corrected chi connectivity index (χ1v) is 30.1. The standard InChI is InChI=1S/C34H35N5O4.C20H18N4O2.C14H19NO3.ClH/c1-37-28-12-11-25(16-27(28)36-33(37)29-17-24-8-5-14-35-32(24)39(29)19-22-9-10-22)34(42)38-15-13-30(40)26(20-38)18-31(41)43-21-23-6-3-2-4-7-23;1-23-16-7-6-14(20(25)26)9-15(16)22-19(23)17-10-13-3-2-8-21-18(13)24(17)11-12-4-5-12;16-13-6-7-15-9-12(13)8-14(17)18-10-11-4-2-1-3-5-11;/h2-8,11-12,14,16-17,22,26,30,40H,9-10,13,15,18-21H2,1H3;2-3,6-10,12H,4-5,11H2,1H3,(H,25,26);1-5,12-13,15-16H,6-10H2;1H/t26-,30-;;12-,13-;/m0.0./s1. The summed E-state index contributed by atoms with van der Waals surface area (Å²) in [5.74, 6) is 0.963. The number of rotatable bonds is 16. The van der Waals surface area contributed by atoms with Gasteiger partial charge in [-0.15, -0.1) is 12.4 Å². The van der Waals surface area contributed by atoms with Crippen molar-refractivity contribution in [2.24, 2.45) is 37.8 Å². The van der Waals surface area contributed by atoms with Crippen LogP contribution in [-0.4, -0.2) is 121 Å². The first-order valence-electron chi connectivity index (χ1n) is 30.1. The number of imidazole rings is 2. The molecule has 0 unspecified atom stereocenters. The molecule has 2 aliphatic carbocycles. The number of esters is 2. The highest BCUT2D eigenvalue weighted by atomic mass is 35.5. The Kier molecular flexibility index (Phi) is 18.8. The molecule has 0 radical (unpaired) electrons. The van der Waals surface area contributed by atoms with E-state index < -0.39 is 18.2 Å². The lowest BCUT2D eigenvalue weighted by atomic mass is 9.91. The van der Waals surface area contributed by atoms with Crippen LogP contribution in [0, 0.1) is 23.7 Å². The zero-order chi connectivity index (χ0) is 60.1. The molecule has 4 aromatic carbocycles. The van der Waals surface area contributed by atoms with Crippen LogP contribution < -0.4 is 5.32 Å². The summed E-state index contributed by atoms with van der Waals surface area (Å²) in [6.07, 6.45) is 9.06. The molecule has 14 rings (SSSR count). The summed E-state index contributed by atoms with van der Waals surface area (Å²) in [6.45, 7) is 4.57. The molecular weight excluding hydrogens is 1140 g/mol. The molecule has 4 aliphatic rings. The third-order valence-corrected chi connectivity index (χ3v) is 17.2. The van der Waals surface area contributed by atoms with Crippen LogP contribution in [0.5, 0.6) is 0 Å². The molecule has 4 atom stereocenters. The summed E-state index contributed by atoms with van der Waals surface area (Å²) in [5, 5.41) is 35.0. The Morgan fingerprint density at radius 3 is 1.57 bits per heavy atom. The Morgan fingerprint density at radius 2 is 1.07 bits per heavy atom. The fourth-order valence-electron chi connectivity index (χ4n) is 11.9. The second-order valence-corrected chi connectivity index (χ2v) is 23.6. The second-order valence-electron chi connectivity index (χ2n) is 23.6. The number of aryl methyl sites for hydroxylation is 2. The number of fused-ring (bicyclic) bond motifs is 4. The van der Waals surface area contributed by atoms with Gasteiger partial charge in [-0.05, 0) is 141 Å². The van der Waals surface area contributed by atoms with E-state index >= 15 is 0 Å². The van der Waals surface area contributed by atoms with Gasteiger partial charge < -0.3 is 53.3 Å². The average Bonchev–Trinajstić information content (AvgIpc) is 4.63. The van der Waals surface area contributed by atoms with E-state index in [0.717, 1.165) is 92.4 Å². The number of carboxylic acids is 1. The van der Waals surface area contributed by atoms with Crippen molar-refractivity contribution in [2.45, 2.75) is 89.9 Å². The third kappa shape index (κ3) is 14.0. The van der Waals surface area contributed by atoms with Crippen LogP contribution in [0.25, 0.3) is 67.2 Å². The van der Waals surface area contributed by atoms with E-state index in [0.29, 0.717) is 62.0 Å². The number of piperidine rings is 2. The zero-order valence-corrected chi connectivity index (χ0v) is 50.2. The van der Waals surface area contributed by atoms with Gasteiger partial charge in [0.2, 0.25) is 0 Å². The number of aromatic nitrogens is 8. The molecule has 19 nitrogen and oxygen atoms in total. The maximum atomic E-state index is 13.6. The van der Waals surface area contributed by atoms with Crippen LogP contribution in [0.3, 0.4) is 0 Å². The molecule has 8 heterocycles. The summed E-state index contributed by atoms with van der Waals surface area (Å²) in [7, 11) is 3.98. The lowest BCUT2D eigenvalue weighted by molar-refractivity contribution is -0.148. The quantitative estimate of drug-likeness (QED) is 0.0659. The van der Waals surface area contributed by atoms with E-state index in [-0.39, 0.29) is 67.1 Å². The van der Waals surface area contributed by atoms with Gasteiger partial charge in [0.05, 0.1) is 64.1 Å². The fraction of sp³-hybridized carbons (Fsp3) is 0.353. The molecule has 2 saturated carbocycles. The largest absolute Gasteiger partial charge is 0.478 e. The average molecular weight is 1210 g/mol. The van der Waals surface area contributed by atoms with Crippen LogP contribution in [0.4, 0.5) is 0 Å². The highest BCUT2D eigenvalue weighted by Crippen LogP contribution is 2.38. The van der Waals surface area contributed by atoms with Crippen molar-refractivity contribution in [1.29, 1.82) is 0 Å². The Bertz CT molecular complexity index is 4120. The normalized spacial score (nSPS) is 18.2. The SMILES string of the molecule is Cl.Cn1c(-c2cc3cccnc3n2CC2CC2)nc2cc(C(=O)N3CC[C@H](O)[C@@H](CC(=O)OCc4ccccc4)C3)ccc21.Cn1c(-c2cc3cccnc3n2CC2CC2)nc2cc(C(=O)O)ccc21.O=C(C[C@H]1CNCC[C@@H]1O)OCc1ccccc1. The van der Waals surface area contributed by atoms with Crippen molar-refractivity contribution in [3.8, 4) is 23.0 Å². The van der Waals surface area contributed by atoms with E-state index in [1.165, 1.54) is 25.7 Å². The van der Waals surface area contributed by atoms with Gasteiger partial charge in [-0.1, -0.05) is 60.7 Å². The minimum absolute atomic E-state index is 0. The van der Waals surface area contributed by atoms with E-state index in [1.807, 2.05) is 128 Å². The summed E-state index contributed by atoms with van der Waals surface area (Å²) in [5.41, 5.74) is 9.99. The number of benzene rings is 4. The van der Waals surface area contributed by atoms with E-state index in [1.54, 1.807) is 17.0 Å². The summed E-state index contributed by atoms with van der Waals surface area (Å²) >= 11 is 0. The van der Waals surface area contributed by atoms with Crippen molar-refractivity contribution < 1.29 is 44.0 Å². The van der Waals surface area contributed by atoms with Crippen molar-refractivity contribution in [3.05, 3.63) is 168 Å². The topological polar surface area (TPSA) is 234 Å². The van der Waals surface area contributed by atoms with Crippen molar-refractivity contribution >= 4 is 80.4 Å². The Balaban J connectivity index is 0.000000151. The Hall–Kier alpha value is -8.75. The number of ether oxygens (including phenoxy) is 2. The molecule has 4 fully saturated rings. The monoisotopic (exact) mass is 1210 g/mol. The van der Waals surface area contributed by atoms with Crippen molar-refractivity contribution in [1.82, 2.24) is 48.4 Å². The predicted octanol–water partition coefficient (Wildman–Crippen LogP) is 10.2. The summed E-state index contributed by atoms with van der Waals surface area (Å²) in [6, 6.07) is 42.1.